The summed E-state index contributed by atoms with van der Waals surface area (Å²) in [5.74, 6) is -1.32. The molecule has 158 valence electrons. The maximum Gasteiger partial charge on any atom is 0.302 e. The maximum absolute atomic E-state index is 13.2. The first-order valence-electron chi connectivity index (χ1n) is 9.89. The second-order valence-electron chi connectivity index (χ2n) is 7.23. The van der Waals surface area contributed by atoms with Gasteiger partial charge in [-0.3, -0.25) is 19.5 Å². The van der Waals surface area contributed by atoms with Crippen molar-refractivity contribution in [3.8, 4) is 5.75 Å². The highest BCUT2D eigenvalue weighted by atomic mass is 16.5. The quantitative estimate of drug-likeness (QED) is 0.293. The lowest BCUT2D eigenvalue weighted by molar-refractivity contribution is -0.132. The Bertz CT molecular complexity index is 1340. The number of anilines is 1. The number of hydrogen-bond donors (Lipinski definition) is 2. The van der Waals surface area contributed by atoms with Crippen LogP contribution in [0.2, 0.25) is 0 Å². The van der Waals surface area contributed by atoms with Gasteiger partial charge >= 0.3 is 5.91 Å². The third-order valence-electron chi connectivity index (χ3n) is 5.43. The standard InChI is InChI=1S/C24H18N4O4/c1-32-18-9-5-2-6-15(18)21(29)19-20(14-10-12-25-13-11-14)28(23(31)22(19)30)24-26-16-7-3-4-8-17(16)27-24/h2-13,20,29H,1H3,(H,26,27)/b21-19+. The fourth-order valence-electron chi connectivity index (χ4n) is 3.95. The number of carbonyl (C=O) groups excluding carboxylic acids is 2. The van der Waals surface area contributed by atoms with Crippen LogP contribution >= 0.6 is 0 Å². The number of pyridine rings is 1. The molecule has 5 rings (SSSR count). The van der Waals surface area contributed by atoms with Crippen LogP contribution in [-0.4, -0.2) is 38.9 Å². The average Bonchev–Trinajstić information content (AvgIpc) is 3.37. The van der Waals surface area contributed by atoms with Crippen LogP contribution in [0.3, 0.4) is 0 Å². The van der Waals surface area contributed by atoms with E-state index in [0.29, 0.717) is 22.4 Å². The van der Waals surface area contributed by atoms with Gasteiger partial charge in [0.1, 0.15) is 11.5 Å². The van der Waals surface area contributed by atoms with Crippen LogP contribution < -0.4 is 9.64 Å². The number of fused-ring (bicyclic) bond motifs is 1. The average molecular weight is 426 g/mol. The maximum atomic E-state index is 13.2. The van der Waals surface area contributed by atoms with Crippen molar-refractivity contribution in [3.63, 3.8) is 0 Å². The number of carbonyl (C=O) groups is 2. The smallest absolute Gasteiger partial charge is 0.302 e. The number of aliphatic hydroxyl groups is 1. The molecule has 2 aromatic heterocycles. The summed E-state index contributed by atoms with van der Waals surface area (Å²) in [4.78, 5) is 39.3. The molecule has 1 aliphatic heterocycles. The first-order chi connectivity index (χ1) is 15.6. The Balaban J connectivity index is 1.75. The molecule has 2 N–H and O–H groups in total. The first kappa shape index (κ1) is 19.5. The van der Waals surface area contributed by atoms with Gasteiger partial charge in [0.15, 0.2) is 0 Å². The van der Waals surface area contributed by atoms with Crippen molar-refractivity contribution in [2.45, 2.75) is 6.04 Å². The second-order valence-corrected chi connectivity index (χ2v) is 7.23. The van der Waals surface area contributed by atoms with E-state index in [9.17, 15) is 14.7 Å². The zero-order valence-electron chi connectivity index (χ0n) is 17.0. The van der Waals surface area contributed by atoms with Crippen molar-refractivity contribution in [2.75, 3.05) is 12.0 Å². The van der Waals surface area contributed by atoms with Gasteiger partial charge in [-0.1, -0.05) is 24.3 Å². The fourth-order valence-corrected chi connectivity index (χ4v) is 3.95. The van der Waals surface area contributed by atoms with Gasteiger partial charge in [0.25, 0.3) is 5.78 Å². The van der Waals surface area contributed by atoms with Crippen LogP contribution in [0.1, 0.15) is 17.2 Å². The Hall–Kier alpha value is -4.46. The lowest BCUT2D eigenvalue weighted by atomic mass is 9.95. The summed E-state index contributed by atoms with van der Waals surface area (Å²) < 4.78 is 5.35. The molecule has 1 saturated heterocycles. The molecular weight excluding hydrogens is 408 g/mol. The number of hydrogen-bond acceptors (Lipinski definition) is 6. The Morgan fingerprint density at radius 1 is 1.03 bits per heavy atom. The summed E-state index contributed by atoms with van der Waals surface area (Å²) in [6.45, 7) is 0. The number of para-hydroxylation sites is 3. The van der Waals surface area contributed by atoms with E-state index in [1.165, 1.54) is 12.0 Å². The lowest BCUT2D eigenvalue weighted by Crippen LogP contribution is -2.30. The monoisotopic (exact) mass is 426 g/mol. The molecule has 1 aliphatic rings. The zero-order chi connectivity index (χ0) is 22.2. The van der Waals surface area contributed by atoms with Crippen molar-refractivity contribution in [1.29, 1.82) is 0 Å². The van der Waals surface area contributed by atoms with Crippen LogP contribution in [-0.2, 0) is 9.59 Å². The minimum atomic E-state index is -0.900. The van der Waals surface area contributed by atoms with Gasteiger partial charge in [-0.05, 0) is 42.0 Å². The summed E-state index contributed by atoms with van der Waals surface area (Å²) in [7, 11) is 1.47. The molecule has 8 nitrogen and oxygen atoms in total. The van der Waals surface area contributed by atoms with Crippen molar-refractivity contribution >= 4 is 34.4 Å². The summed E-state index contributed by atoms with van der Waals surface area (Å²) >= 11 is 0. The Morgan fingerprint density at radius 2 is 1.75 bits per heavy atom. The molecule has 1 amide bonds. The number of aliphatic hydroxyl groups excluding tert-OH is 1. The van der Waals surface area contributed by atoms with Crippen LogP contribution in [0.15, 0.2) is 78.6 Å². The van der Waals surface area contributed by atoms with Crippen LogP contribution in [0.5, 0.6) is 5.75 Å². The lowest BCUT2D eigenvalue weighted by Gasteiger charge is -2.23. The van der Waals surface area contributed by atoms with E-state index in [-0.39, 0.29) is 17.3 Å². The van der Waals surface area contributed by atoms with E-state index < -0.39 is 17.7 Å². The molecule has 0 radical (unpaired) electrons. The summed E-state index contributed by atoms with van der Waals surface area (Å²) in [5.41, 5.74) is 2.25. The Kier molecular flexibility index (Phi) is 4.67. The molecule has 1 unspecified atom stereocenters. The van der Waals surface area contributed by atoms with E-state index in [4.69, 9.17) is 4.74 Å². The van der Waals surface area contributed by atoms with E-state index in [0.717, 1.165) is 5.52 Å². The normalized spacial score (nSPS) is 17.8. The summed E-state index contributed by atoms with van der Waals surface area (Å²) in [5, 5.41) is 11.2. The zero-order valence-corrected chi connectivity index (χ0v) is 17.0. The number of methoxy groups -OCH3 is 1. The van der Waals surface area contributed by atoms with Crippen molar-refractivity contribution in [2.24, 2.45) is 0 Å². The van der Waals surface area contributed by atoms with Crippen LogP contribution in [0, 0.1) is 0 Å². The van der Waals surface area contributed by atoms with Gasteiger partial charge in [0.05, 0.1) is 35.3 Å². The Morgan fingerprint density at radius 3 is 2.50 bits per heavy atom. The third kappa shape index (κ3) is 3.01. The number of nitrogens with zero attached hydrogens (tertiary/aromatic N) is 3. The predicted molar refractivity (Wildman–Crippen MR) is 118 cm³/mol. The molecule has 0 saturated carbocycles. The van der Waals surface area contributed by atoms with Crippen molar-refractivity contribution in [3.05, 3.63) is 89.8 Å². The number of ether oxygens (including phenoxy) is 1. The molecule has 2 aromatic carbocycles. The largest absolute Gasteiger partial charge is 0.507 e. The predicted octanol–water partition coefficient (Wildman–Crippen LogP) is 3.59. The van der Waals surface area contributed by atoms with Gasteiger partial charge in [-0.15, -0.1) is 0 Å². The van der Waals surface area contributed by atoms with E-state index in [2.05, 4.69) is 15.0 Å². The number of rotatable bonds is 4. The molecule has 0 spiro atoms. The van der Waals surface area contributed by atoms with Gasteiger partial charge in [0.2, 0.25) is 5.95 Å². The number of aromatic amines is 1. The number of aromatic nitrogens is 3. The minimum absolute atomic E-state index is 0.0499. The molecule has 8 heteroatoms. The Labute approximate surface area is 182 Å². The van der Waals surface area contributed by atoms with Crippen molar-refractivity contribution < 1.29 is 19.4 Å². The number of H-pyrrole nitrogens is 1. The first-order valence-corrected chi connectivity index (χ1v) is 9.89. The summed E-state index contributed by atoms with van der Waals surface area (Å²) in [6.07, 6.45) is 3.13. The fraction of sp³-hybridized carbons (Fsp3) is 0.0833. The van der Waals surface area contributed by atoms with E-state index in [1.54, 1.807) is 48.8 Å². The van der Waals surface area contributed by atoms with Gasteiger partial charge in [0, 0.05) is 12.4 Å². The van der Waals surface area contributed by atoms with E-state index >= 15 is 0 Å². The number of Topliss-reactive ketones (excluding diaryl/α,β-unsaturated/α-hetero) is 1. The second kappa shape index (κ2) is 7.66. The highest BCUT2D eigenvalue weighted by Crippen LogP contribution is 2.42. The molecular formula is C24H18N4O4. The summed E-state index contributed by atoms with van der Waals surface area (Å²) in [6, 6.07) is 16.6. The number of nitrogens with one attached hydrogen (secondary N) is 1. The topological polar surface area (TPSA) is 108 Å². The van der Waals surface area contributed by atoms with Gasteiger partial charge in [-0.2, -0.15) is 0 Å². The van der Waals surface area contributed by atoms with Gasteiger partial charge < -0.3 is 14.8 Å². The molecule has 3 heterocycles. The highest BCUT2D eigenvalue weighted by molar-refractivity contribution is 6.51. The number of amides is 1. The molecule has 0 aliphatic carbocycles. The van der Waals surface area contributed by atoms with E-state index in [1.807, 2.05) is 24.3 Å². The minimum Gasteiger partial charge on any atom is -0.507 e. The molecule has 4 aromatic rings. The molecule has 32 heavy (non-hydrogen) atoms. The van der Waals surface area contributed by atoms with Crippen LogP contribution in [0.4, 0.5) is 5.95 Å². The SMILES string of the molecule is COc1ccccc1/C(O)=C1\C(=O)C(=O)N(c2nc3ccccc3[nH]2)C1c1ccncc1. The van der Waals surface area contributed by atoms with Gasteiger partial charge in [-0.25, -0.2) is 4.98 Å². The number of imidazole rings is 1. The number of ketones is 1. The molecule has 0 bridgehead atoms. The van der Waals surface area contributed by atoms with Crippen molar-refractivity contribution in [1.82, 2.24) is 15.0 Å². The number of benzene rings is 2. The van der Waals surface area contributed by atoms with Crippen LogP contribution in [0.25, 0.3) is 16.8 Å². The molecule has 1 atom stereocenters. The third-order valence-corrected chi connectivity index (χ3v) is 5.43. The highest BCUT2D eigenvalue weighted by Gasteiger charge is 2.48. The molecule has 1 fully saturated rings.